The van der Waals surface area contributed by atoms with Gasteiger partial charge in [-0.3, -0.25) is 0 Å². The molecule has 146 valence electrons. The maximum absolute atomic E-state index is 12.0. The average Bonchev–Trinajstić information content (AvgIpc) is 2.47. The molecule has 0 amide bonds. The van der Waals surface area contributed by atoms with Crippen molar-refractivity contribution in [3.8, 4) is 0 Å². The summed E-state index contributed by atoms with van der Waals surface area (Å²) in [5.41, 5.74) is 0.813. The highest BCUT2D eigenvalue weighted by Gasteiger charge is 2.38. The fraction of sp³-hybridized carbons (Fsp3) is 0.421. The van der Waals surface area contributed by atoms with E-state index in [1.165, 1.54) is 45.9 Å². The van der Waals surface area contributed by atoms with Crippen molar-refractivity contribution in [1.82, 2.24) is 0 Å². The summed E-state index contributed by atoms with van der Waals surface area (Å²) >= 11 is 0. The van der Waals surface area contributed by atoms with Gasteiger partial charge < -0.3 is 24.1 Å². The van der Waals surface area contributed by atoms with Gasteiger partial charge in [-0.2, -0.15) is 0 Å². The van der Waals surface area contributed by atoms with Gasteiger partial charge in [0.05, 0.1) is 0 Å². The van der Waals surface area contributed by atoms with Gasteiger partial charge in [0.1, 0.15) is 11.1 Å². The maximum atomic E-state index is 12.0. The Bertz CT molecular complexity index is 799. The van der Waals surface area contributed by atoms with Gasteiger partial charge >= 0.3 is 17.9 Å². The second-order valence-electron chi connectivity index (χ2n) is 7.05. The molecule has 2 heterocycles. The first-order chi connectivity index (χ1) is 12.3. The molecule has 27 heavy (non-hydrogen) atoms. The van der Waals surface area contributed by atoms with E-state index in [0.717, 1.165) is 0 Å². The Balaban J connectivity index is 2.25. The van der Waals surface area contributed by atoms with Gasteiger partial charge in [0.25, 0.3) is 17.5 Å². The number of carbonyl (C=O) groups excluding carboxylic acids is 3. The molecule has 8 heteroatoms. The van der Waals surface area contributed by atoms with Gasteiger partial charge in [-0.1, -0.05) is 6.08 Å². The summed E-state index contributed by atoms with van der Waals surface area (Å²) in [6, 6.07) is 0. The number of allylic oxidation sites excluding steroid dienone is 4. The van der Waals surface area contributed by atoms with Gasteiger partial charge in [-0.15, -0.1) is 0 Å². The molecular weight excluding hydrogens is 356 g/mol. The lowest BCUT2D eigenvalue weighted by atomic mass is 10.0. The van der Waals surface area contributed by atoms with Crippen molar-refractivity contribution in [2.75, 3.05) is 0 Å². The number of aliphatic hydroxyl groups is 1. The molecule has 0 unspecified atom stereocenters. The van der Waals surface area contributed by atoms with E-state index in [-0.39, 0.29) is 11.1 Å². The van der Waals surface area contributed by atoms with Crippen molar-refractivity contribution in [3.63, 3.8) is 0 Å². The van der Waals surface area contributed by atoms with E-state index in [9.17, 15) is 19.5 Å². The molecule has 2 aliphatic rings. The molecule has 0 bridgehead atoms. The third-order valence-corrected chi connectivity index (χ3v) is 3.73. The van der Waals surface area contributed by atoms with Crippen LogP contribution in [0.1, 0.15) is 41.5 Å². The lowest BCUT2D eigenvalue weighted by Crippen LogP contribution is -2.41. The Morgan fingerprint density at radius 2 is 1.30 bits per heavy atom. The van der Waals surface area contributed by atoms with Crippen LogP contribution >= 0.6 is 0 Å². The number of cyclic esters (lactones) is 3. The minimum absolute atomic E-state index is 0.134. The molecule has 0 aromatic rings. The molecule has 0 spiro atoms. The van der Waals surface area contributed by atoms with Gasteiger partial charge in [0.2, 0.25) is 0 Å². The maximum Gasteiger partial charge on any atom is 0.348 e. The summed E-state index contributed by atoms with van der Waals surface area (Å²) in [4.78, 5) is 35.8. The number of esters is 3. The largest absolute Gasteiger partial charge is 0.480 e. The Labute approximate surface area is 156 Å². The zero-order valence-electron chi connectivity index (χ0n) is 16.0. The first-order valence-electron chi connectivity index (χ1n) is 8.21. The molecular formula is C19H22O8. The molecule has 0 radical (unpaired) electrons. The van der Waals surface area contributed by atoms with Gasteiger partial charge in [0, 0.05) is 27.7 Å². The normalized spacial score (nSPS) is 22.6. The smallest absolute Gasteiger partial charge is 0.348 e. The van der Waals surface area contributed by atoms with E-state index in [0.29, 0.717) is 11.1 Å². The van der Waals surface area contributed by atoms with Gasteiger partial charge in [-0.25, -0.2) is 14.4 Å². The first kappa shape index (κ1) is 20.3. The van der Waals surface area contributed by atoms with E-state index in [2.05, 4.69) is 0 Å². The van der Waals surface area contributed by atoms with Crippen molar-refractivity contribution >= 4 is 17.9 Å². The predicted octanol–water partition coefficient (Wildman–Crippen LogP) is 2.72. The molecule has 1 fully saturated rings. The summed E-state index contributed by atoms with van der Waals surface area (Å²) in [5.74, 6) is -5.39. The van der Waals surface area contributed by atoms with E-state index in [4.69, 9.17) is 18.9 Å². The summed E-state index contributed by atoms with van der Waals surface area (Å²) in [7, 11) is 0. The summed E-state index contributed by atoms with van der Waals surface area (Å²) in [6.45, 7) is 9.28. The van der Waals surface area contributed by atoms with Crippen molar-refractivity contribution in [2.45, 2.75) is 53.1 Å². The highest BCUT2D eigenvalue weighted by Crippen LogP contribution is 2.27. The number of carbonyl (C=O) groups is 3. The van der Waals surface area contributed by atoms with Crippen LogP contribution in [0, 0.1) is 0 Å². The van der Waals surface area contributed by atoms with Crippen LogP contribution in [0.15, 0.2) is 46.5 Å². The second kappa shape index (κ2) is 6.94. The third-order valence-electron chi connectivity index (χ3n) is 3.73. The van der Waals surface area contributed by atoms with Crippen LogP contribution in [-0.2, 0) is 33.3 Å². The van der Waals surface area contributed by atoms with Gasteiger partial charge in [0.15, 0.2) is 0 Å². The SMILES string of the molecule is CC(=C/C=C1C(=O)OC(C)(C)OC1=O)/C(C)=C/C1=C(O)OC(C)(C)OC1=O. The zero-order chi connectivity index (χ0) is 20.6. The van der Waals surface area contributed by atoms with E-state index in [1.807, 2.05) is 0 Å². The van der Waals surface area contributed by atoms with E-state index < -0.39 is 35.4 Å². The van der Waals surface area contributed by atoms with Crippen molar-refractivity contribution in [1.29, 1.82) is 0 Å². The summed E-state index contributed by atoms with van der Waals surface area (Å²) in [5, 5.41) is 9.92. The number of aliphatic hydroxyl groups excluding tert-OH is 1. The highest BCUT2D eigenvalue weighted by molar-refractivity contribution is 6.15. The summed E-state index contributed by atoms with van der Waals surface area (Å²) in [6.07, 6.45) is 4.16. The average molecular weight is 378 g/mol. The molecule has 0 atom stereocenters. The van der Waals surface area contributed by atoms with Crippen LogP contribution in [0.25, 0.3) is 0 Å². The number of hydrogen-bond donors (Lipinski definition) is 1. The second-order valence-corrected chi connectivity index (χ2v) is 7.05. The molecule has 0 aromatic carbocycles. The fourth-order valence-electron chi connectivity index (χ4n) is 2.26. The van der Waals surface area contributed by atoms with Crippen LogP contribution in [0.5, 0.6) is 0 Å². The molecule has 2 aliphatic heterocycles. The van der Waals surface area contributed by atoms with Crippen molar-refractivity contribution < 1.29 is 38.4 Å². The van der Waals surface area contributed by atoms with Crippen molar-refractivity contribution in [3.05, 3.63) is 46.5 Å². The molecule has 1 N–H and O–H groups in total. The van der Waals surface area contributed by atoms with E-state index >= 15 is 0 Å². The number of hydrogen-bond acceptors (Lipinski definition) is 8. The fourth-order valence-corrected chi connectivity index (χ4v) is 2.26. The van der Waals surface area contributed by atoms with E-state index in [1.54, 1.807) is 13.8 Å². The standard InChI is InChI=1S/C19H22O8/c1-10(7-8-12-14(20)24-18(3,4)25-15(12)21)11(2)9-13-16(22)26-19(5,6)27-17(13)23/h7-9,22H,1-6H3/b10-7-,11-9+. The zero-order valence-corrected chi connectivity index (χ0v) is 16.0. The van der Waals surface area contributed by atoms with Gasteiger partial charge in [-0.05, 0) is 37.1 Å². The third kappa shape index (κ3) is 4.78. The molecule has 1 saturated heterocycles. The Hall–Kier alpha value is -3.03. The summed E-state index contributed by atoms with van der Waals surface area (Å²) < 4.78 is 20.2. The Kier molecular flexibility index (Phi) is 5.21. The topological polar surface area (TPSA) is 108 Å². The predicted molar refractivity (Wildman–Crippen MR) is 92.8 cm³/mol. The molecule has 8 nitrogen and oxygen atoms in total. The van der Waals surface area contributed by atoms with Crippen LogP contribution in [0.2, 0.25) is 0 Å². The minimum atomic E-state index is -1.31. The highest BCUT2D eigenvalue weighted by atomic mass is 16.8. The first-order valence-corrected chi connectivity index (χ1v) is 8.21. The number of rotatable bonds is 3. The lowest BCUT2D eigenvalue weighted by Gasteiger charge is -2.30. The molecule has 0 aromatic heterocycles. The van der Waals surface area contributed by atoms with Crippen LogP contribution in [0.3, 0.4) is 0 Å². The Morgan fingerprint density at radius 3 is 1.81 bits per heavy atom. The molecule has 0 aliphatic carbocycles. The quantitative estimate of drug-likeness (QED) is 0.346. The lowest BCUT2D eigenvalue weighted by molar-refractivity contribution is -0.223. The minimum Gasteiger partial charge on any atom is -0.480 e. The Morgan fingerprint density at radius 1 is 0.815 bits per heavy atom. The van der Waals surface area contributed by atoms with Crippen molar-refractivity contribution in [2.24, 2.45) is 0 Å². The van der Waals surface area contributed by atoms with Crippen LogP contribution in [-0.4, -0.2) is 34.6 Å². The molecule has 0 saturated carbocycles. The monoisotopic (exact) mass is 378 g/mol. The van der Waals surface area contributed by atoms with Crippen LogP contribution in [0.4, 0.5) is 0 Å². The molecule has 2 rings (SSSR count). The van der Waals surface area contributed by atoms with Crippen LogP contribution < -0.4 is 0 Å². The number of ether oxygens (including phenoxy) is 4.